The van der Waals surface area contributed by atoms with Crippen LogP contribution in [0.15, 0.2) is 60.7 Å². The molecule has 0 radical (unpaired) electrons. The molecule has 0 heterocycles. The zero-order valence-corrected chi connectivity index (χ0v) is 17.1. The molecule has 0 aliphatic carbocycles. The second kappa shape index (κ2) is 8.29. The standard InChI is InChI=1S/C24H24N2O4/c1-15-4-6-16(7-5-15)23(30)26-20-13-18(9-11-22(20)29)24(2,3)17-8-10-21(28)19(12-17)25-14-27/h4-14,28-29H,1-3H3,(H,25,27)(H,26,30). The minimum Gasteiger partial charge on any atom is -0.506 e. The quantitative estimate of drug-likeness (QED) is 0.358. The van der Waals surface area contributed by atoms with Crippen molar-refractivity contribution in [1.82, 2.24) is 0 Å². The first-order valence-corrected chi connectivity index (χ1v) is 9.47. The summed E-state index contributed by atoms with van der Waals surface area (Å²) in [5.41, 5.74) is 3.29. The van der Waals surface area contributed by atoms with Crippen molar-refractivity contribution in [2.45, 2.75) is 26.2 Å². The summed E-state index contributed by atoms with van der Waals surface area (Å²) in [4.78, 5) is 23.4. The number of hydrogen-bond donors (Lipinski definition) is 4. The molecule has 0 fully saturated rings. The molecule has 0 aliphatic heterocycles. The molecular weight excluding hydrogens is 380 g/mol. The molecule has 0 atom stereocenters. The Balaban J connectivity index is 1.93. The molecule has 0 spiro atoms. The fourth-order valence-electron chi connectivity index (χ4n) is 3.19. The first-order valence-electron chi connectivity index (χ1n) is 9.47. The Morgan fingerprint density at radius 1 is 0.867 bits per heavy atom. The predicted octanol–water partition coefficient (Wildman–Crippen LogP) is 4.55. The van der Waals surface area contributed by atoms with Crippen LogP contribution in [0.5, 0.6) is 11.5 Å². The fourth-order valence-corrected chi connectivity index (χ4v) is 3.19. The lowest BCUT2D eigenvalue weighted by Gasteiger charge is -2.27. The number of carbonyl (C=O) groups is 2. The first kappa shape index (κ1) is 20.9. The van der Waals surface area contributed by atoms with Gasteiger partial charge in [0.25, 0.3) is 5.91 Å². The fraction of sp³-hybridized carbons (Fsp3) is 0.167. The highest BCUT2D eigenvalue weighted by atomic mass is 16.3. The van der Waals surface area contributed by atoms with Crippen molar-refractivity contribution in [1.29, 1.82) is 0 Å². The Kier molecular flexibility index (Phi) is 5.78. The topological polar surface area (TPSA) is 98.7 Å². The van der Waals surface area contributed by atoms with Gasteiger partial charge in [0, 0.05) is 11.0 Å². The summed E-state index contributed by atoms with van der Waals surface area (Å²) in [6.45, 7) is 5.89. The normalized spacial score (nSPS) is 11.0. The van der Waals surface area contributed by atoms with Gasteiger partial charge in [-0.15, -0.1) is 0 Å². The molecule has 6 nitrogen and oxygen atoms in total. The molecule has 0 unspecified atom stereocenters. The van der Waals surface area contributed by atoms with Crippen LogP contribution in [0, 0.1) is 6.92 Å². The van der Waals surface area contributed by atoms with Crippen molar-refractivity contribution < 1.29 is 19.8 Å². The van der Waals surface area contributed by atoms with Gasteiger partial charge >= 0.3 is 0 Å². The van der Waals surface area contributed by atoms with Crippen molar-refractivity contribution in [3.05, 3.63) is 82.9 Å². The van der Waals surface area contributed by atoms with Crippen molar-refractivity contribution in [3.63, 3.8) is 0 Å². The van der Waals surface area contributed by atoms with E-state index in [0.717, 1.165) is 16.7 Å². The average molecular weight is 404 g/mol. The number of benzene rings is 3. The monoisotopic (exact) mass is 404 g/mol. The number of amides is 2. The largest absolute Gasteiger partial charge is 0.506 e. The second-order valence-electron chi connectivity index (χ2n) is 7.67. The van der Waals surface area contributed by atoms with Crippen molar-refractivity contribution >= 4 is 23.7 Å². The van der Waals surface area contributed by atoms with E-state index in [1.54, 1.807) is 36.4 Å². The highest BCUT2D eigenvalue weighted by Gasteiger charge is 2.25. The van der Waals surface area contributed by atoms with E-state index >= 15 is 0 Å². The van der Waals surface area contributed by atoms with Gasteiger partial charge < -0.3 is 20.8 Å². The molecule has 0 saturated heterocycles. The van der Waals surface area contributed by atoms with Crippen molar-refractivity contribution in [2.75, 3.05) is 10.6 Å². The van der Waals surface area contributed by atoms with E-state index in [1.165, 1.54) is 12.1 Å². The minimum atomic E-state index is -0.538. The van der Waals surface area contributed by atoms with E-state index in [4.69, 9.17) is 0 Å². The molecule has 30 heavy (non-hydrogen) atoms. The summed E-state index contributed by atoms with van der Waals surface area (Å²) >= 11 is 0. The predicted molar refractivity (Wildman–Crippen MR) is 117 cm³/mol. The van der Waals surface area contributed by atoms with E-state index in [1.807, 2.05) is 32.9 Å². The molecule has 0 aromatic heterocycles. The number of anilines is 2. The lowest BCUT2D eigenvalue weighted by atomic mass is 9.77. The number of aromatic hydroxyl groups is 2. The van der Waals surface area contributed by atoms with Crippen LogP contribution in [0.25, 0.3) is 0 Å². The summed E-state index contributed by atoms with van der Waals surface area (Å²) in [5.74, 6) is -0.384. The number of phenolic OH excluding ortho intramolecular Hbond substituents is 2. The number of carbonyl (C=O) groups excluding carboxylic acids is 2. The molecule has 3 rings (SSSR count). The van der Waals surface area contributed by atoms with Gasteiger partial charge in [0.1, 0.15) is 11.5 Å². The van der Waals surface area contributed by atoms with Gasteiger partial charge in [-0.1, -0.05) is 43.7 Å². The van der Waals surface area contributed by atoms with Gasteiger partial charge in [-0.2, -0.15) is 0 Å². The number of nitrogens with one attached hydrogen (secondary N) is 2. The van der Waals surface area contributed by atoms with Crippen LogP contribution in [0.2, 0.25) is 0 Å². The zero-order valence-electron chi connectivity index (χ0n) is 17.1. The van der Waals surface area contributed by atoms with E-state index < -0.39 is 5.41 Å². The molecule has 0 saturated carbocycles. The Labute approximate surface area is 175 Å². The number of hydrogen-bond acceptors (Lipinski definition) is 4. The minimum absolute atomic E-state index is 0.0293. The lowest BCUT2D eigenvalue weighted by molar-refractivity contribution is -0.105. The molecular formula is C24H24N2O4. The molecule has 6 heteroatoms. The summed E-state index contributed by atoms with van der Waals surface area (Å²) in [6, 6.07) is 17.2. The third-order valence-corrected chi connectivity index (χ3v) is 5.21. The summed E-state index contributed by atoms with van der Waals surface area (Å²) in [7, 11) is 0. The van der Waals surface area contributed by atoms with E-state index in [0.29, 0.717) is 23.3 Å². The van der Waals surface area contributed by atoms with Crippen LogP contribution >= 0.6 is 0 Å². The van der Waals surface area contributed by atoms with Gasteiger partial charge in [0.15, 0.2) is 0 Å². The van der Waals surface area contributed by atoms with Crippen molar-refractivity contribution in [2.24, 2.45) is 0 Å². The van der Waals surface area contributed by atoms with Crippen LogP contribution in [0.3, 0.4) is 0 Å². The molecule has 0 bridgehead atoms. The molecule has 4 N–H and O–H groups in total. The Hall–Kier alpha value is -3.80. The van der Waals surface area contributed by atoms with Crippen LogP contribution < -0.4 is 10.6 Å². The van der Waals surface area contributed by atoms with Gasteiger partial charge in [-0.25, -0.2) is 0 Å². The van der Waals surface area contributed by atoms with Crippen LogP contribution in [-0.2, 0) is 10.2 Å². The summed E-state index contributed by atoms with van der Waals surface area (Å²) in [6.07, 6.45) is 0.505. The van der Waals surface area contributed by atoms with Gasteiger partial charge in [-0.05, 0) is 54.4 Å². The zero-order chi connectivity index (χ0) is 21.9. The van der Waals surface area contributed by atoms with E-state index in [9.17, 15) is 19.8 Å². The maximum atomic E-state index is 12.6. The number of phenols is 2. The molecule has 2 amide bonds. The smallest absolute Gasteiger partial charge is 0.255 e. The summed E-state index contributed by atoms with van der Waals surface area (Å²) < 4.78 is 0. The van der Waals surface area contributed by atoms with Crippen LogP contribution in [0.1, 0.15) is 40.9 Å². The Bertz CT molecular complexity index is 1090. The highest BCUT2D eigenvalue weighted by molar-refractivity contribution is 6.05. The van der Waals surface area contributed by atoms with Gasteiger partial charge in [0.2, 0.25) is 6.41 Å². The molecule has 154 valence electrons. The first-order chi connectivity index (χ1) is 14.2. The van der Waals surface area contributed by atoms with Crippen LogP contribution in [-0.4, -0.2) is 22.5 Å². The number of rotatable bonds is 6. The third-order valence-electron chi connectivity index (χ3n) is 5.21. The molecule has 3 aromatic rings. The second-order valence-corrected chi connectivity index (χ2v) is 7.67. The van der Waals surface area contributed by atoms with Gasteiger partial charge in [0.05, 0.1) is 11.4 Å². The SMILES string of the molecule is Cc1ccc(C(=O)Nc2cc(C(C)(C)c3ccc(O)c(NC=O)c3)ccc2O)cc1. The molecule has 0 aliphatic rings. The highest BCUT2D eigenvalue weighted by Crippen LogP contribution is 2.38. The maximum absolute atomic E-state index is 12.6. The van der Waals surface area contributed by atoms with E-state index in [-0.39, 0.29) is 17.4 Å². The summed E-state index contributed by atoms with van der Waals surface area (Å²) in [5, 5.41) is 25.4. The van der Waals surface area contributed by atoms with Crippen LogP contribution in [0.4, 0.5) is 11.4 Å². The van der Waals surface area contributed by atoms with Gasteiger partial charge in [-0.3, -0.25) is 9.59 Å². The number of aryl methyl sites for hydroxylation is 1. The lowest BCUT2D eigenvalue weighted by Crippen LogP contribution is -2.20. The van der Waals surface area contributed by atoms with E-state index in [2.05, 4.69) is 10.6 Å². The average Bonchev–Trinajstić information content (AvgIpc) is 2.71. The maximum Gasteiger partial charge on any atom is 0.255 e. The Morgan fingerprint density at radius 2 is 1.40 bits per heavy atom. The third kappa shape index (κ3) is 4.27. The molecule has 3 aromatic carbocycles. The Morgan fingerprint density at radius 3 is 1.97 bits per heavy atom. The van der Waals surface area contributed by atoms with Crippen molar-refractivity contribution in [3.8, 4) is 11.5 Å².